The van der Waals surface area contributed by atoms with Gasteiger partial charge >= 0.3 is 6.18 Å². The first kappa shape index (κ1) is 21.7. The number of Topliss-reactive ketones (excluding diaryl/α,β-unsaturated/α-hetero) is 1. The highest BCUT2D eigenvalue weighted by Gasteiger charge is 2.44. The summed E-state index contributed by atoms with van der Waals surface area (Å²) in [5, 5.41) is 19.2. The van der Waals surface area contributed by atoms with Crippen molar-refractivity contribution in [2.45, 2.75) is 62.7 Å². The number of hydrogen-bond acceptors (Lipinski definition) is 6. The molecule has 0 radical (unpaired) electrons. The molecule has 2 fully saturated rings. The lowest BCUT2D eigenvalue weighted by molar-refractivity contribution is -0.139. The minimum atomic E-state index is -4.85. The van der Waals surface area contributed by atoms with Gasteiger partial charge in [0.05, 0.1) is 5.37 Å². The van der Waals surface area contributed by atoms with Crippen molar-refractivity contribution in [1.82, 2.24) is 4.90 Å². The zero-order valence-corrected chi connectivity index (χ0v) is 16.6. The topological polar surface area (TPSA) is 77.8 Å². The van der Waals surface area contributed by atoms with Crippen molar-refractivity contribution in [2.75, 3.05) is 0 Å². The van der Waals surface area contributed by atoms with Gasteiger partial charge in [-0.1, -0.05) is 19.3 Å². The third-order valence-corrected chi connectivity index (χ3v) is 6.60. The molecule has 1 saturated heterocycles. The molecule has 2 N–H and O–H groups in total. The highest BCUT2D eigenvalue weighted by atomic mass is 32.2. The van der Waals surface area contributed by atoms with Crippen LogP contribution in [0.4, 0.5) is 13.2 Å². The lowest BCUT2D eigenvalue weighted by Crippen LogP contribution is -2.47. The van der Waals surface area contributed by atoms with Crippen molar-refractivity contribution in [1.29, 1.82) is 0 Å². The quantitative estimate of drug-likeness (QED) is 0.422. The second kappa shape index (κ2) is 8.39. The summed E-state index contributed by atoms with van der Waals surface area (Å²) in [6, 6.07) is 1.01. The monoisotopic (exact) mass is 429 g/mol. The summed E-state index contributed by atoms with van der Waals surface area (Å²) in [4.78, 5) is 26.1. The average Bonchev–Trinajstić information content (AvgIpc) is 2.99. The van der Waals surface area contributed by atoms with Gasteiger partial charge in [0.1, 0.15) is 11.6 Å². The fourth-order valence-electron chi connectivity index (χ4n) is 4.14. The second-order valence-corrected chi connectivity index (χ2v) is 8.75. The molecule has 1 aliphatic heterocycles. The Morgan fingerprint density at radius 3 is 2.45 bits per heavy atom. The number of thioether (sulfide) groups is 1. The molecule has 0 spiro atoms. The summed E-state index contributed by atoms with van der Waals surface area (Å²) in [6.45, 7) is 1.90. The van der Waals surface area contributed by atoms with Crippen LogP contribution >= 0.6 is 11.8 Å². The molecular formula is C20H22F3NO4S. The van der Waals surface area contributed by atoms with Gasteiger partial charge in [-0.3, -0.25) is 14.5 Å². The normalized spacial score (nSPS) is 25.4. The Balaban J connectivity index is 2.02. The molecule has 0 aromatic heterocycles. The molecule has 9 heteroatoms. The molecule has 1 saturated carbocycles. The Morgan fingerprint density at radius 1 is 1.21 bits per heavy atom. The van der Waals surface area contributed by atoms with Crippen molar-refractivity contribution in [3.63, 3.8) is 0 Å². The number of halogens is 3. The number of carbonyl (C=O) groups is 2. The largest absolute Gasteiger partial charge is 0.504 e. The number of aromatic hydroxyl groups is 2. The van der Waals surface area contributed by atoms with Crippen LogP contribution in [0, 0.1) is 0 Å². The van der Waals surface area contributed by atoms with Crippen molar-refractivity contribution in [3.8, 4) is 11.5 Å². The maximum atomic E-state index is 13.1. The fraction of sp³-hybridized carbons (Fsp3) is 0.500. The second-order valence-electron chi connectivity index (χ2n) is 7.36. The van der Waals surface area contributed by atoms with Crippen LogP contribution in [0.3, 0.4) is 0 Å². The summed E-state index contributed by atoms with van der Waals surface area (Å²) >= 11 is 1.32. The van der Waals surface area contributed by atoms with E-state index in [2.05, 4.69) is 0 Å². The number of ketones is 1. The summed E-state index contributed by atoms with van der Waals surface area (Å²) in [5.41, 5.74) is -1.36. The summed E-state index contributed by atoms with van der Waals surface area (Å²) in [6.07, 6.45) is 1.76. The van der Waals surface area contributed by atoms with Crippen LogP contribution in [0.1, 0.15) is 50.2 Å². The van der Waals surface area contributed by atoms with Gasteiger partial charge in [0.15, 0.2) is 17.8 Å². The van der Waals surface area contributed by atoms with E-state index in [9.17, 15) is 33.0 Å². The average molecular weight is 429 g/mol. The van der Waals surface area contributed by atoms with E-state index in [0.29, 0.717) is 4.91 Å². The fourth-order valence-corrected chi connectivity index (χ4v) is 5.52. The molecular weight excluding hydrogens is 407 g/mol. The predicted octanol–water partition coefficient (Wildman–Crippen LogP) is 4.32. The first-order valence-electron chi connectivity index (χ1n) is 9.41. The van der Waals surface area contributed by atoms with E-state index >= 15 is 0 Å². The Labute approximate surface area is 170 Å². The molecule has 2 unspecified atom stereocenters. The number of carbonyl (C=O) groups excluding carboxylic acids is 2. The maximum absolute atomic E-state index is 13.1. The van der Waals surface area contributed by atoms with Crippen molar-refractivity contribution >= 4 is 29.9 Å². The molecule has 1 aromatic carbocycles. The molecule has 1 heterocycles. The van der Waals surface area contributed by atoms with E-state index in [1.807, 2.05) is 11.8 Å². The van der Waals surface area contributed by atoms with Gasteiger partial charge in [-0.2, -0.15) is 13.2 Å². The summed E-state index contributed by atoms with van der Waals surface area (Å²) < 4.78 is 39.4. The van der Waals surface area contributed by atoms with Crippen molar-refractivity contribution in [3.05, 3.63) is 28.2 Å². The Bertz CT molecular complexity index is 834. The zero-order chi connectivity index (χ0) is 21.3. The van der Waals surface area contributed by atoms with E-state index in [4.69, 9.17) is 0 Å². The molecule has 0 amide bonds. The molecule has 2 aliphatic rings. The first-order valence-corrected chi connectivity index (χ1v) is 10.3. The van der Waals surface area contributed by atoms with Gasteiger partial charge in [-0.05, 0) is 43.5 Å². The van der Waals surface area contributed by atoms with E-state index < -0.39 is 35.1 Å². The molecule has 3 rings (SSSR count). The number of benzene rings is 1. The van der Waals surface area contributed by atoms with Gasteiger partial charge in [-0.15, -0.1) is 11.8 Å². The number of alkyl halides is 3. The SMILES string of the molecule is CC1S/C(=C\c2cc(O)c(O)c(C(F)(F)F)c2)C(C(=O)C=O)N1C1CCCCC1. The van der Waals surface area contributed by atoms with Crippen LogP contribution in [0.2, 0.25) is 0 Å². The van der Waals surface area contributed by atoms with E-state index in [-0.39, 0.29) is 23.3 Å². The number of nitrogens with zero attached hydrogens (tertiary/aromatic N) is 1. The zero-order valence-electron chi connectivity index (χ0n) is 15.8. The molecule has 0 bridgehead atoms. The highest BCUT2D eigenvalue weighted by molar-refractivity contribution is 8.04. The minimum absolute atomic E-state index is 0.00322. The molecule has 1 aromatic rings. The molecule has 5 nitrogen and oxygen atoms in total. The Hall–Kier alpha value is -2.00. The third-order valence-electron chi connectivity index (χ3n) is 5.40. The minimum Gasteiger partial charge on any atom is -0.504 e. The van der Waals surface area contributed by atoms with Crippen LogP contribution < -0.4 is 0 Å². The highest BCUT2D eigenvalue weighted by Crippen LogP contribution is 2.46. The number of aldehydes is 1. The lowest BCUT2D eigenvalue weighted by Gasteiger charge is -2.36. The summed E-state index contributed by atoms with van der Waals surface area (Å²) in [7, 11) is 0. The van der Waals surface area contributed by atoms with Crippen LogP contribution in [0.25, 0.3) is 6.08 Å². The van der Waals surface area contributed by atoms with Crippen LogP contribution in [-0.4, -0.2) is 44.6 Å². The number of phenolic OH excluding ortho intramolecular Hbond substituents is 2. The van der Waals surface area contributed by atoms with Crippen LogP contribution in [0.5, 0.6) is 11.5 Å². The van der Waals surface area contributed by atoms with Crippen molar-refractivity contribution in [2.24, 2.45) is 0 Å². The van der Waals surface area contributed by atoms with Gasteiger partial charge in [-0.25, -0.2) is 0 Å². The van der Waals surface area contributed by atoms with Crippen LogP contribution in [0.15, 0.2) is 17.0 Å². The molecule has 158 valence electrons. The number of phenols is 2. The van der Waals surface area contributed by atoms with Crippen LogP contribution in [-0.2, 0) is 15.8 Å². The van der Waals surface area contributed by atoms with Gasteiger partial charge in [0.25, 0.3) is 0 Å². The standard InChI is InChI=1S/C20H22F3NO4S/c1-11-24(13-5-3-2-4-6-13)18(16(27)10-25)17(29-11)9-12-7-14(20(21,22)23)19(28)15(26)8-12/h7-11,13,18,26,28H,2-6H2,1H3/b17-9-. The number of hydrogen-bond donors (Lipinski definition) is 2. The van der Waals surface area contributed by atoms with E-state index in [0.717, 1.165) is 44.2 Å². The molecule has 2 atom stereocenters. The Morgan fingerprint density at radius 2 is 1.86 bits per heavy atom. The molecule has 29 heavy (non-hydrogen) atoms. The van der Waals surface area contributed by atoms with Gasteiger partial charge < -0.3 is 10.2 Å². The van der Waals surface area contributed by atoms with E-state index in [1.165, 1.54) is 17.8 Å². The third kappa shape index (κ3) is 4.45. The molecule has 1 aliphatic carbocycles. The lowest BCUT2D eigenvalue weighted by atomic mass is 9.92. The van der Waals surface area contributed by atoms with E-state index in [1.54, 1.807) is 0 Å². The Kier molecular flexibility index (Phi) is 6.28. The maximum Gasteiger partial charge on any atom is 0.420 e. The predicted molar refractivity (Wildman–Crippen MR) is 103 cm³/mol. The van der Waals surface area contributed by atoms with Crippen molar-refractivity contribution < 1.29 is 33.0 Å². The summed E-state index contributed by atoms with van der Waals surface area (Å²) in [5.74, 6) is -2.78. The van der Waals surface area contributed by atoms with Gasteiger partial charge in [0.2, 0.25) is 5.78 Å². The number of rotatable bonds is 4. The first-order chi connectivity index (χ1) is 13.6. The van der Waals surface area contributed by atoms with Gasteiger partial charge in [0, 0.05) is 10.9 Å². The smallest absolute Gasteiger partial charge is 0.420 e.